The highest BCUT2D eigenvalue weighted by Gasteiger charge is 2.28. The third-order valence-electron chi connectivity index (χ3n) is 4.96. The first kappa shape index (κ1) is 21.2. The molecule has 1 aliphatic rings. The summed E-state index contributed by atoms with van der Waals surface area (Å²) >= 11 is 0. The number of ether oxygens (including phenoxy) is 1. The summed E-state index contributed by atoms with van der Waals surface area (Å²) < 4.78 is 32.4. The summed E-state index contributed by atoms with van der Waals surface area (Å²) in [6.45, 7) is 3.32. The van der Waals surface area contributed by atoms with Crippen molar-refractivity contribution < 1.29 is 17.9 Å². The number of nitrogens with zero attached hydrogens (tertiary/aromatic N) is 1. The molecule has 6 nitrogen and oxygen atoms in total. The van der Waals surface area contributed by atoms with Gasteiger partial charge in [-0.1, -0.05) is 38.0 Å². The first-order chi connectivity index (χ1) is 14.0. The van der Waals surface area contributed by atoms with Gasteiger partial charge < -0.3 is 10.1 Å². The van der Waals surface area contributed by atoms with Crippen LogP contribution in [0.1, 0.15) is 42.1 Å². The van der Waals surface area contributed by atoms with Crippen molar-refractivity contribution in [3.8, 4) is 5.75 Å². The second kappa shape index (κ2) is 9.78. The number of hydrogen-bond acceptors (Lipinski definition) is 4. The van der Waals surface area contributed by atoms with E-state index in [1.165, 1.54) is 4.31 Å². The number of anilines is 1. The van der Waals surface area contributed by atoms with Gasteiger partial charge in [0, 0.05) is 18.7 Å². The number of nitrogens with one attached hydrogen (secondary N) is 1. The minimum Gasteiger partial charge on any atom is -0.494 e. The van der Waals surface area contributed by atoms with Crippen LogP contribution in [0, 0.1) is 0 Å². The van der Waals surface area contributed by atoms with E-state index in [2.05, 4.69) is 12.2 Å². The number of carbonyl (C=O) groups is 1. The zero-order valence-corrected chi connectivity index (χ0v) is 17.6. The molecule has 0 unspecified atom stereocenters. The van der Waals surface area contributed by atoms with Crippen LogP contribution in [0.3, 0.4) is 0 Å². The summed E-state index contributed by atoms with van der Waals surface area (Å²) in [5.74, 6) is 0.304. The van der Waals surface area contributed by atoms with Gasteiger partial charge in [0.25, 0.3) is 5.91 Å². The predicted molar refractivity (Wildman–Crippen MR) is 115 cm³/mol. The van der Waals surface area contributed by atoms with Crippen molar-refractivity contribution in [1.82, 2.24) is 5.32 Å². The highest BCUT2D eigenvalue weighted by Crippen LogP contribution is 2.29. The molecule has 0 atom stereocenters. The predicted octanol–water partition coefficient (Wildman–Crippen LogP) is 3.38. The lowest BCUT2D eigenvalue weighted by molar-refractivity contribution is 0.0956. The van der Waals surface area contributed by atoms with E-state index >= 15 is 0 Å². The van der Waals surface area contributed by atoms with E-state index < -0.39 is 10.0 Å². The summed E-state index contributed by atoms with van der Waals surface area (Å²) in [5.41, 5.74) is 2.26. The Kier molecular flexibility index (Phi) is 7.14. The summed E-state index contributed by atoms with van der Waals surface area (Å²) in [4.78, 5) is 12.3. The minimum absolute atomic E-state index is 0.0646. The maximum absolute atomic E-state index is 12.7. The Bertz CT molecular complexity index is 926. The number of amides is 1. The summed E-state index contributed by atoms with van der Waals surface area (Å²) in [5, 5.41) is 2.70. The van der Waals surface area contributed by atoms with Crippen molar-refractivity contribution in [2.45, 2.75) is 32.6 Å². The Morgan fingerprint density at radius 2 is 1.86 bits per heavy atom. The van der Waals surface area contributed by atoms with Crippen LogP contribution in [0.5, 0.6) is 5.75 Å². The average molecular weight is 417 g/mol. The maximum atomic E-state index is 12.7. The quantitative estimate of drug-likeness (QED) is 0.603. The van der Waals surface area contributed by atoms with Crippen LogP contribution in [0.25, 0.3) is 0 Å². The fourth-order valence-electron chi connectivity index (χ4n) is 3.35. The van der Waals surface area contributed by atoms with Crippen molar-refractivity contribution in [2.24, 2.45) is 0 Å². The normalized spacial score (nSPS) is 13.2. The van der Waals surface area contributed by atoms with Crippen LogP contribution in [0.2, 0.25) is 0 Å². The maximum Gasteiger partial charge on any atom is 0.251 e. The molecule has 1 amide bonds. The first-order valence-electron chi connectivity index (χ1n) is 10.1. The van der Waals surface area contributed by atoms with Crippen LogP contribution in [0.4, 0.5) is 5.69 Å². The minimum atomic E-state index is -3.47. The SMILES string of the molecule is CCCCCOc1ccc(C(=O)NCCS(=O)(=O)N2CCc3ccccc32)cc1. The number of hydrogen-bond donors (Lipinski definition) is 1. The molecule has 2 aromatic rings. The van der Waals surface area contributed by atoms with Crippen molar-refractivity contribution in [2.75, 3.05) is 29.8 Å². The van der Waals surface area contributed by atoms with Crippen molar-refractivity contribution in [1.29, 1.82) is 0 Å². The molecule has 3 rings (SSSR count). The van der Waals surface area contributed by atoms with Gasteiger partial charge in [0.05, 0.1) is 18.0 Å². The molecule has 156 valence electrons. The summed E-state index contributed by atoms with van der Waals surface area (Å²) in [6.07, 6.45) is 4.00. The largest absolute Gasteiger partial charge is 0.494 e. The van der Waals surface area contributed by atoms with Crippen LogP contribution in [-0.4, -0.2) is 39.8 Å². The number of benzene rings is 2. The van der Waals surface area contributed by atoms with E-state index in [9.17, 15) is 13.2 Å². The van der Waals surface area contributed by atoms with Crippen LogP contribution >= 0.6 is 0 Å². The number of sulfonamides is 1. The second-order valence-electron chi connectivity index (χ2n) is 7.10. The molecule has 0 fully saturated rings. The van der Waals surface area contributed by atoms with E-state index in [-0.39, 0.29) is 18.2 Å². The van der Waals surface area contributed by atoms with Gasteiger partial charge in [-0.05, 0) is 48.7 Å². The number of carbonyl (C=O) groups excluding carboxylic acids is 1. The van der Waals surface area contributed by atoms with Gasteiger partial charge >= 0.3 is 0 Å². The number of unbranched alkanes of at least 4 members (excludes halogenated alkanes) is 2. The highest BCUT2D eigenvalue weighted by atomic mass is 32.2. The van der Waals surface area contributed by atoms with E-state index in [4.69, 9.17) is 4.74 Å². The molecule has 0 saturated heterocycles. The van der Waals surface area contributed by atoms with Gasteiger partial charge in [-0.15, -0.1) is 0 Å². The van der Waals surface area contributed by atoms with Crippen molar-refractivity contribution >= 4 is 21.6 Å². The Morgan fingerprint density at radius 3 is 2.62 bits per heavy atom. The van der Waals surface area contributed by atoms with E-state index in [0.717, 1.165) is 36.3 Å². The fourth-order valence-corrected chi connectivity index (χ4v) is 4.77. The number of rotatable bonds is 10. The molecule has 0 aliphatic carbocycles. The van der Waals surface area contributed by atoms with Crippen molar-refractivity contribution in [3.63, 3.8) is 0 Å². The van der Waals surface area contributed by atoms with E-state index in [0.29, 0.717) is 25.1 Å². The zero-order valence-electron chi connectivity index (χ0n) is 16.8. The lowest BCUT2D eigenvalue weighted by atomic mass is 10.2. The van der Waals surface area contributed by atoms with Gasteiger partial charge in [-0.25, -0.2) is 8.42 Å². The molecular weight excluding hydrogens is 388 g/mol. The molecule has 0 saturated carbocycles. The molecule has 29 heavy (non-hydrogen) atoms. The first-order valence-corrected chi connectivity index (χ1v) is 11.7. The van der Waals surface area contributed by atoms with E-state index in [1.807, 2.05) is 24.3 Å². The van der Waals surface area contributed by atoms with Gasteiger partial charge in [0.1, 0.15) is 5.75 Å². The van der Waals surface area contributed by atoms with Gasteiger partial charge in [-0.3, -0.25) is 9.10 Å². The van der Waals surface area contributed by atoms with Crippen LogP contribution < -0.4 is 14.4 Å². The molecule has 0 radical (unpaired) electrons. The second-order valence-corrected chi connectivity index (χ2v) is 9.12. The molecule has 1 N–H and O–H groups in total. The lowest BCUT2D eigenvalue weighted by Crippen LogP contribution is -2.36. The Hall–Kier alpha value is -2.54. The fraction of sp³-hybridized carbons (Fsp3) is 0.409. The molecular formula is C22H28N2O4S. The molecule has 1 heterocycles. The standard InChI is InChI=1S/C22H28N2O4S/c1-2-3-6-16-28-20-11-9-19(10-12-20)22(25)23-14-17-29(26,27)24-15-13-18-7-4-5-8-21(18)24/h4-5,7-12H,2-3,6,13-17H2,1H3,(H,23,25). The van der Waals surface area contributed by atoms with Gasteiger partial charge in [-0.2, -0.15) is 0 Å². The highest BCUT2D eigenvalue weighted by molar-refractivity contribution is 7.92. The van der Waals surface area contributed by atoms with Crippen LogP contribution in [0.15, 0.2) is 48.5 Å². The molecule has 0 bridgehead atoms. The topological polar surface area (TPSA) is 75.7 Å². The zero-order chi connectivity index (χ0) is 20.7. The third kappa shape index (κ3) is 5.50. The third-order valence-corrected chi connectivity index (χ3v) is 6.73. The average Bonchev–Trinajstić information content (AvgIpc) is 3.17. The molecule has 1 aliphatic heterocycles. The van der Waals surface area contributed by atoms with Gasteiger partial charge in [0.15, 0.2) is 0 Å². The molecule has 0 aromatic heterocycles. The Balaban J connectivity index is 1.48. The van der Waals surface area contributed by atoms with Gasteiger partial charge in [0.2, 0.25) is 10.0 Å². The Labute approximate surface area is 172 Å². The number of para-hydroxylation sites is 1. The number of fused-ring (bicyclic) bond motifs is 1. The van der Waals surface area contributed by atoms with E-state index in [1.54, 1.807) is 24.3 Å². The molecule has 0 spiro atoms. The smallest absolute Gasteiger partial charge is 0.251 e. The monoisotopic (exact) mass is 416 g/mol. The van der Waals surface area contributed by atoms with Crippen LogP contribution in [-0.2, 0) is 16.4 Å². The van der Waals surface area contributed by atoms with Crippen molar-refractivity contribution in [3.05, 3.63) is 59.7 Å². The lowest BCUT2D eigenvalue weighted by Gasteiger charge is -2.19. The molecule has 7 heteroatoms. The summed E-state index contributed by atoms with van der Waals surface area (Å²) in [6, 6.07) is 14.4. The molecule has 2 aromatic carbocycles. The summed E-state index contributed by atoms with van der Waals surface area (Å²) in [7, 11) is -3.47. The Morgan fingerprint density at radius 1 is 1.10 bits per heavy atom.